The molecule has 1 unspecified atom stereocenters. The van der Waals surface area contributed by atoms with Crippen LogP contribution in [0.25, 0.3) is 11.3 Å². The lowest BCUT2D eigenvalue weighted by atomic mass is 9.84. The number of rotatable bonds is 9. The number of carbonyl (C=O) groups is 1. The topological polar surface area (TPSA) is 57.3 Å². The molecular formula is C29H35FN4OS. The quantitative estimate of drug-likeness (QED) is 0.363. The Kier molecular flexibility index (Phi) is 7.85. The fraction of sp³-hybridized carbons (Fsp3) is 0.448. The number of nitrogens with one attached hydrogen (secondary N) is 2. The van der Waals surface area contributed by atoms with Crippen LogP contribution in [-0.4, -0.2) is 36.6 Å². The summed E-state index contributed by atoms with van der Waals surface area (Å²) >= 11 is 1.61. The maximum atomic E-state index is 13.5. The number of amides is 1. The van der Waals surface area contributed by atoms with E-state index in [1.54, 1.807) is 17.4 Å². The molecule has 0 spiro atoms. The van der Waals surface area contributed by atoms with Gasteiger partial charge in [0.1, 0.15) is 11.9 Å². The van der Waals surface area contributed by atoms with Crippen molar-refractivity contribution in [2.75, 3.05) is 29.9 Å². The molecule has 3 aromatic rings. The molecule has 1 fully saturated rings. The summed E-state index contributed by atoms with van der Waals surface area (Å²) in [7, 11) is 0. The summed E-state index contributed by atoms with van der Waals surface area (Å²) in [4.78, 5) is 21.6. The Bertz CT molecular complexity index is 1180. The lowest BCUT2D eigenvalue weighted by Gasteiger charge is -2.27. The molecule has 2 N–H and O–H groups in total. The molecule has 5 rings (SSSR count). The van der Waals surface area contributed by atoms with Gasteiger partial charge in [-0.25, -0.2) is 9.37 Å². The van der Waals surface area contributed by atoms with Gasteiger partial charge in [-0.2, -0.15) is 0 Å². The highest BCUT2D eigenvalue weighted by molar-refractivity contribution is 7.16. The molecule has 0 saturated heterocycles. The van der Waals surface area contributed by atoms with Gasteiger partial charge in [0.25, 0.3) is 0 Å². The largest absolute Gasteiger partial charge is 0.369 e. The Morgan fingerprint density at radius 2 is 1.97 bits per heavy atom. The minimum Gasteiger partial charge on any atom is -0.369 e. The van der Waals surface area contributed by atoms with E-state index in [-0.39, 0.29) is 17.8 Å². The number of thiazole rings is 1. The molecule has 1 aliphatic carbocycles. The van der Waals surface area contributed by atoms with E-state index in [9.17, 15) is 9.18 Å². The van der Waals surface area contributed by atoms with E-state index < -0.39 is 0 Å². The van der Waals surface area contributed by atoms with E-state index in [2.05, 4.69) is 34.6 Å². The number of hydrogen-bond donors (Lipinski definition) is 2. The minimum atomic E-state index is -0.303. The summed E-state index contributed by atoms with van der Waals surface area (Å²) in [5, 5.41) is 7.48. The number of benzene rings is 2. The molecule has 1 atom stereocenters. The Labute approximate surface area is 217 Å². The van der Waals surface area contributed by atoms with E-state index in [1.165, 1.54) is 38.2 Å². The van der Waals surface area contributed by atoms with E-state index in [0.29, 0.717) is 12.5 Å². The molecule has 7 heteroatoms. The normalized spacial score (nSPS) is 16.6. The van der Waals surface area contributed by atoms with Crippen molar-refractivity contribution in [3.63, 3.8) is 0 Å². The third-order valence-electron chi connectivity index (χ3n) is 7.47. The number of halogens is 1. The van der Waals surface area contributed by atoms with Gasteiger partial charge in [0.15, 0.2) is 5.13 Å². The van der Waals surface area contributed by atoms with Crippen LogP contribution in [0.4, 0.5) is 15.2 Å². The van der Waals surface area contributed by atoms with Crippen molar-refractivity contribution in [3.8, 4) is 11.3 Å². The minimum absolute atomic E-state index is 0.0354. The average Bonchev–Trinajstić information content (AvgIpc) is 3.47. The maximum absolute atomic E-state index is 13.5. The SMILES string of the molecule is Cc1sc(NC(CC2CCCCC2)C(=O)NCCN2CCc3cc(F)ccc32)nc1-c1ccccc1. The van der Waals surface area contributed by atoms with Crippen molar-refractivity contribution < 1.29 is 9.18 Å². The first kappa shape index (κ1) is 24.8. The first-order valence-electron chi connectivity index (χ1n) is 13.2. The van der Waals surface area contributed by atoms with Gasteiger partial charge in [-0.15, -0.1) is 11.3 Å². The highest BCUT2D eigenvalue weighted by atomic mass is 32.1. The standard InChI is InChI=1S/C29H35FN4OS/c1-20-27(22-10-6-3-7-11-22)33-29(36-20)32-25(18-21-8-4-2-5-9-21)28(35)31-15-17-34-16-14-23-19-24(30)12-13-26(23)34/h3,6-7,10-13,19,21,25H,2,4-5,8-9,14-18H2,1H3,(H,31,35)(H,32,33). The predicted octanol–water partition coefficient (Wildman–Crippen LogP) is 6.19. The Balaban J connectivity index is 1.24. The Morgan fingerprint density at radius 3 is 2.78 bits per heavy atom. The second kappa shape index (κ2) is 11.4. The van der Waals surface area contributed by atoms with Crippen molar-refractivity contribution in [2.24, 2.45) is 5.92 Å². The van der Waals surface area contributed by atoms with Gasteiger partial charge in [0.05, 0.1) is 5.69 Å². The second-order valence-electron chi connectivity index (χ2n) is 10.0. The van der Waals surface area contributed by atoms with E-state index >= 15 is 0 Å². The molecule has 5 nitrogen and oxygen atoms in total. The zero-order valence-electron chi connectivity index (χ0n) is 20.9. The molecule has 1 aromatic heterocycles. The van der Waals surface area contributed by atoms with Gasteiger partial charge < -0.3 is 15.5 Å². The van der Waals surface area contributed by atoms with Crippen LogP contribution < -0.4 is 15.5 Å². The van der Waals surface area contributed by atoms with Crippen molar-refractivity contribution in [3.05, 3.63) is 64.8 Å². The number of hydrogen-bond acceptors (Lipinski definition) is 5. The maximum Gasteiger partial charge on any atom is 0.242 e. The molecule has 36 heavy (non-hydrogen) atoms. The van der Waals surface area contributed by atoms with Gasteiger partial charge in [-0.05, 0) is 49.4 Å². The third-order valence-corrected chi connectivity index (χ3v) is 8.37. The molecule has 0 bridgehead atoms. The molecule has 2 heterocycles. The molecule has 1 amide bonds. The smallest absolute Gasteiger partial charge is 0.242 e. The van der Waals surface area contributed by atoms with Crippen molar-refractivity contribution in [2.45, 2.75) is 57.9 Å². The van der Waals surface area contributed by atoms with Crippen LogP contribution in [-0.2, 0) is 11.2 Å². The molecule has 190 valence electrons. The summed E-state index contributed by atoms with van der Waals surface area (Å²) in [6.45, 7) is 4.22. The number of aryl methyl sites for hydroxylation is 1. The number of anilines is 2. The first-order chi connectivity index (χ1) is 17.6. The zero-order chi connectivity index (χ0) is 24.9. The molecule has 0 radical (unpaired) electrons. The van der Waals surface area contributed by atoms with Gasteiger partial charge >= 0.3 is 0 Å². The average molecular weight is 507 g/mol. The fourth-order valence-electron chi connectivity index (χ4n) is 5.57. The summed E-state index contributed by atoms with van der Waals surface area (Å²) in [6.07, 6.45) is 7.87. The first-order valence-corrected chi connectivity index (χ1v) is 14.0. The number of carbonyl (C=O) groups excluding carboxylic acids is 1. The molecule has 2 aromatic carbocycles. The number of fused-ring (bicyclic) bond motifs is 1. The van der Waals surface area contributed by atoms with Crippen molar-refractivity contribution in [1.82, 2.24) is 10.3 Å². The van der Waals surface area contributed by atoms with Crippen LogP contribution in [0.1, 0.15) is 49.0 Å². The molecule has 1 saturated carbocycles. The monoisotopic (exact) mass is 506 g/mol. The van der Waals surface area contributed by atoms with E-state index in [4.69, 9.17) is 4.98 Å². The van der Waals surface area contributed by atoms with Crippen LogP contribution in [0.2, 0.25) is 0 Å². The van der Waals surface area contributed by atoms with Crippen LogP contribution in [0, 0.1) is 18.7 Å². The highest BCUT2D eigenvalue weighted by Gasteiger charge is 2.26. The third kappa shape index (κ3) is 5.89. The van der Waals surface area contributed by atoms with Crippen LogP contribution in [0.3, 0.4) is 0 Å². The van der Waals surface area contributed by atoms with Crippen LogP contribution >= 0.6 is 11.3 Å². The summed E-state index contributed by atoms with van der Waals surface area (Å²) in [5.41, 5.74) is 4.20. The lowest BCUT2D eigenvalue weighted by molar-refractivity contribution is -0.122. The van der Waals surface area contributed by atoms with Crippen LogP contribution in [0.15, 0.2) is 48.5 Å². The second-order valence-corrected chi connectivity index (χ2v) is 11.2. The summed E-state index contributed by atoms with van der Waals surface area (Å²) in [5.74, 6) is 0.415. The van der Waals surface area contributed by atoms with Crippen molar-refractivity contribution >= 4 is 28.1 Å². The number of nitrogens with zero attached hydrogens (tertiary/aromatic N) is 2. The van der Waals surface area contributed by atoms with Gasteiger partial charge in [0, 0.05) is 35.8 Å². The Hall–Kier alpha value is -2.93. The molecule has 1 aliphatic heterocycles. The van der Waals surface area contributed by atoms with E-state index in [0.717, 1.165) is 58.4 Å². The highest BCUT2D eigenvalue weighted by Crippen LogP contribution is 2.33. The summed E-state index contributed by atoms with van der Waals surface area (Å²) in [6, 6.07) is 14.9. The zero-order valence-corrected chi connectivity index (χ0v) is 21.7. The van der Waals surface area contributed by atoms with Crippen molar-refractivity contribution in [1.29, 1.82) is 0 Å². The predicted molar refractivity (Wildman–Crippen MR) is 146 cm³/mol. The van der Waals surface area contributed by atoms with Gasteiger partial charge in [-0.3, -0.25) is 4.79 Å². The fourth-order valence-corrected chi connectivity index (χ4v) is 6.46. The Morgan fingerprint density at radius 1 is 1.17 bits per heavy atom. The lowest BCUT2D eigenvalue weighted by Crippen LogP contribution is -2.43. The number of aromatic nitrogens is 1. The van der Waals surface area contributed by atoms with Gasteiger partial charge in [-0.1, -0.05) is 62.4 Å². The summed E-state index contributed by atoms with van der Waals surface area (Å²) < 4.78 is 13.5. The van der Waals surface area contributed by atoms with Gasteiger partial charge in [0.2, 0.25) is 5.91 Å². The van der Waals surface area contributed by atoms with E-state index in [1.807, 2.05) is 24.3 Å². The molecular weight excluding hydrogens is 471 g/mol. The van der Waals surface area contributed by atoms with Crippen LogP contribution in [0.5, 0.6) is 0 Å². The molecule has 2 aliphatic rings.